The van der Waals surface area contributed by atoms with Gasteiger partial charge in [-0.3, -0.25) is 9.59 Å². The van der Waals surface area contributed by atoms with Crippen molar-refractivity contribution < 1.29 is 19.1 Å². The summed E-state index contributed by atoms with van der Waals surface area (Å²) in [4.78, 5) is 28.0. The topological polar surface area (TPSA) is 85.7 Å². The molecule has 0 atom stereocenters. The molecule has 2 aromatic carbocycles. The summed E-state index contributed by atoms with van der Waals surface area (Å²) >= 11 is 0. The summed E-state index contributed by atoms with van der Waals surface area (Å²) in [5.41, 5.74) is 2.82. The first-order chi connectivity index (χ1) is 16.6. The average molecular weight is 479 g/mol. The molecule has 0 aliphatic rings. The molecule has 0 unspecified atom stereocenters. The summed E-state index contributed by atoms with van der Waals surface area (Å²) in [6, 6.07) is 14.9. The third-order valence-corrected chi connectivity index (χ3v) is 5.73. The molecule has 0 spiro atoms. The van der Waals surface area contributed by atoms with Crippen LogP contribution in [0.4, 0.5) is 5.82 Å². The molecule has 1 N–H and O–H groups in total. The van der Waals surface area contributed by atoms with E-state index in [9.17, 15) is 9.59 Å². The number of ether oxygens (including phenoxy) is 2. The number of aromatic nitrogens is 2. The third kappa shape index (κ3) is 5.65. The minimum atomic E-state index is -0.347. The molecule has 2 amide bonds. The quantitative estimate of drug-likeness (QED) is 0.512. The largest absolute Gasteiger partial charge is 0.496 e. The number of carbonyl (C=O) groups is 2. The summed E-state index contributed by atoms with van der Waals surface area (Å²) in [5, 5.41) is 7.74. The highest BCUT2D eigenvalue weighted by molar-refractivity contribution is 6.02. The van der Waals surface area contributed by atoms with E-state index in [1.807, 2.05) is 44.2 Å². The van der Waals surface area contributed by atoms with Gasteiger partial charge in [0, 0.05) is 18.0 Å². The maximum Gasteiger partial charge on any atom is 0.261 e. The van der Waals surface area contributed by atoms with Gasteiger partial charge in [0.25, 0.3) is 5.91 Å². The Morgan fingerprint density at radius 2 is 1.66 bits per heavy atom. The van der Waals surface area contributed by atoms with Crippen LogP contribution in [0.5, 0.6) is 11.5 Å². The summed E-state index contributed by atoms with van der Waals surface area (Å²) < 4.78 is 12.5. The second-order valence-electron chi connectivity index (χ2n) is 9.27. The molecule has 0 aliphatic heterocycles. The van der Waals surface area contributed by atoms with E-state index in [1.165, 1.54) is 19.1 Å². The van der Waals surface area contributed by atoms with E-state index in [0.717, 1.165) is 16.9 Å². The van der Waals surface area contributed by atoms with E-state index in [2.05, 4.69) is 26.1 Å². The Hall–Kier alpha value is -3.81. The second-order valence-corrected chi connectivity index (χ2v) is 9.27. The minimum Gasteiger partial charge on any atom is -0.496 e. The van der Waals surface area contributed by atoms with E-state index in [1.54, 1.807) is 22.9 Å². The number of rotatable bonds is 8. The lowest BCUT2D eigenvalue weighted by atomic mass is 9.92. The van der Waals surface area contributed by atoms with Crippen LogP contribution < -0.4 is 14.8 Å². The molecule has 1 aromatic heterocycles. The van der Waals surface area contributed by atoms with E-state index in [-0.39, 0.29) is 29.3 Å². The number of methoxy groups -OCH3 is 2. The Balaban J connectivity index is 1.90. The zero-order valence-corrected chi connectivity index (χ0v) is 21.5. The predicted molar refractivity (Wildman–Crippen MR) is 137 cm³/mol. The number of carbonyl (C=O) groups excluding carboxylic acids is 2. The third-order valence-electron chi connectivity index (χ3n) is 5.73. The number of nitrogens with zero attached hydrogens (tertiary/aromatic N) is 3. The van der Waals surface area contributed by atoms with Gasteiger partial charge in [-0.2, -0.15) is 5.10 Å². The number of nitrogens with one attached hydrogen (secondary N) is 1. The standard InChI is InChI=1S/C27H34N4O4/c1-8-30(26(33)25-20(34-6)14-11-15-21(25)35-7)17-24(32)28-23-16-22(27(3,4)5)29-31(23)19-13-10-9-12-18(19)2/h9-16H,8,17H2,1-7H3,(H,28,32). The highest BCUT2D eigenvalue weighted by Gasteiger charge is 2.26. The van der Waals surface area contributed by atoms with Crippen molar-refractivity contribution in [2.75, 3.05) is 32.6 Å². The van der Waals surface area contributed by atoms with Crippen molar-refractivity contribution >= 4 is 17.6 Å². The van der Waals surface area contributed by atoms with Gasteiger partial charge in [0.05, 0.1) is 25.6 Å². The normalized spacial score (nSPS) is 11.2. The van der Waals surface area contributed by atoms with Crippen LogP contribution in [0.15, 0.2) is 48.5 Å². The van der Waals surface area contributed by atoms with Crippen LogP contribution in [0.25, 0.3) is 5.69 Å². The molecular weight excluding hydrogens is 444 g/mol. The van der Waals surface area contributed by atoms with Gasteiger partial charge in [0.1, 0.15) is 29.4 Å². The van der Waals surface area contributed by atoms with Crippen LogP contribution in [0.2, 0.25) is 0 Å². The fraction of sp³-hybridized carbons (Fsp3) is 0.370. The molecule has 8 heteroatoms. The molecule has 0 fully saturated rings. The summed E-state index contributed by atoms with van der Waals surface area (Å²) in [5.74, 6) is 0.651. The first-order valence-electron chi connectivity index (χ1n) is 11.6. The van der Waals surface area contributed by atoms with Crippen molar-refractivity contribution in [2.24, 2.45) is 0 Å². The fourth-order valence-electron chi connectivity index (χ4n) is 3.72. The van der Waals surface area contributed by atoms with E-state index < -0.39 is 0 Å². The molecule has 0 aliphatic carbocycles. The zero-order valence-electron chi connectivity index (χ0n) is 21.5. The molecule has 3 aromatic rings. The number of hydrogen-bond donors (Lipinski definition) is 1. The first-order valence-corrected chi connectivity index (χ1v) is 11.6. The maximum atomic E-state index is 13.4. The average Bonchev–Trinajstić information content (AvgIpc) is 3.25. The molecule has 0 bridgehead atoms. The number of hydrogen-bond acceptors (Lipinski definition) is 5. The number of anilines is 1. The van der Waals surface area contributed by atoms with Crippen molar-refractivity contribution in [2.45, 2.75) is 40.0 Å². The lowest BCUT2D eigenvalue weighted by Crippen LogP contribution is -2.38. The molecule has 0 radical (unpaired) electrons. The SMILES string of the molecule is CCN(CC(=O)Nc1cc(C(C)(C)C)nn1-c1ccccc1C)C(=O)c1c(OC)cccc1OC. The molecule has 1 heterocycles. The van der Waals surface area contributed by atoms with E-state index >= 15 is 0 Å². The summed E-state index contributed by atoms with van der Waals surface area (Å²) in [7, 11) is 2.99. The molecule has 186 valence electrons. The van der Waals surface area contributed by atoms with Crippen LogP contribution in [0.1, 0.15) is 49.3 Å². The Kier molecular flexibility index (Phi) is 7.84. The maximum absolute atomic E-state index is 13.4. The van der Waals surface area contributed by atoms with E-state index in [4.69, 9.17) is 14.6 Å². The van der Waals surface area contributed by atoms with Crippen LogP contribution in [-0.4, -0.2) is 53.8 Å². The van der Waals surface area contributed by atoms with Gasteiger partial charge in [0.15, 0.2) is 0 Å². The van der Waals surface area contributed by atoms with Gasteiger partial charge < -0.3 is 19.7 Å². The predicted octanol–water partition coefficient (Wildman–Crippen LogP) is 4.60. The molecule has 35 heavy (non-hydrogen) atoms. The van der Waals surface area contributed by atoms with Crippen molar-refractivity contribution in [3.8, 4) is 17.2 Å². The molecule has 0 saturated heterocycles. The Morgan fingerprint density at radius 3 is 2.20 bits per heavy atom. The van der Waals surface area contributed by atoms with Crippen molar-refractivity contribution in [3.05, 3.63) is 65.4 Å². The molecular formula is C27H34N4O4. The summed E-state index contributed by atoms with van der Waals surface area (Å²) in [6.07, 6.45) is 0. The van der Waals surface area contributed by atoms with Gasteiger partial charge in [-0.05, 0) is 37.6 Å². The number of benzene rings is 2. The van der Waals surface area contributed by atoms with Crippen molar-refractivity contribution in [1.29, 1.82) is 0 Å². The second kappa shape index (κ2) is 10.6. The highest BCUT2D eigenvalue weighted by Crippen LogP contribution is 2.30. The zero-order chi connectivity index (χ0) is 25.8. The summed E-state index contributed by atoms with van der Waals surface area (Å²) in [6.45, 7) is 10.2. The number of amides is 2. The number of para-hydroxylation sites is 1. The first kappa shape index (κ1) is 25.8. The Labute approximate surface area is 206 Å². The van der Waals surface area contributed by atoms with E-state index in [0.29, 0.717) is 23.9 Å². The monoisotopic (exact) mass is 478 g/mol. The van der Waals surface area contributed by atoms with Gasteiger partial charge in [-0.25, -0.2) is 4.68 Å². The van der Waals surface area contributed by atoms with Crippen LogP contribution >= 0.6 is 0 Å². The number of likely N-dealkylation sites (N-methyl/N-ethyl adjacent to an activating group) is 1. The molecule has 3 rings (SSSR count). The highest BCUT2D eigenvalue weighted by atomic mass is 16.5. The lowest BCUT2D eigenvalue weighted by Gasteiger charge is -2.22. The van der Waals surface area contributed by atoms with Gasteiger partial charge in [-0.15, -0.1) is 0 Å². The fourth-order valence-corrected chi connectivity index (χ4v) is 3.72. The van der Waals surface area contributed by atoms with Gasteiger partial charge in [-0.1, -0.05) is 45.0 Å². The Morgan fingerprint density at radius 1 is 1.03 bits per heavy atom. The van der Waals surface area contributed by atoms with Crippen molar-refractivity contribution in [1.82, 2.24) is 14.7 Å². The molecule has 8 nitrogen and oxygen atoms in total. The van der Waals surface area contributed by atoms with Crippen LogP contribution in [-0.2, 0) is 10.2 Å². The Bertz CT molecular complexity index is 1190. The lowest BCUT2D eigenvalue weighted by molar-refractivity contribution is -0.116. The van der Waals surface area contributed by atoms with Gasteiger partial charge >= 0.3 is 0 Å². The minimum absolute atomic E-state index is 0.139. The van der Waals surface area contributed by atoms with Crippen LogP contribution in [0.3, 0.4) is 0 Å². The molecule has 0 saturated carbocycles. The van der Waals surface area contributed by atoms with Gasteiger partial charge in [0.2, 0.25) is 5.91 Å². The van der Waals surface area contributed by atoms with Crippen LogP contribution in [0, 0.1) is 6.92 Å². The number of aryl methyl sites for hydroxylation is 1. The van der Waals surface area contributed by atoms with Crippen molar-refractivity contribution in [3.63, 3.8) is 0 Å². The smallest absolute Gasteiger partial charge is 0.261 e.